The number of phenolic OH excluding ortho intramolecular Hbond substituents is 1. The maximum atomic E-state index is 11.7. The third-order valence-electron chi connectivity index (χ3n) is 3.19. The van der Waals surface area contributed by atoms with Gasteiger partial charge in [0, 0.05) is 18.5 Å². The minimum Gasteiger partial charge on any atom is -0.507 e. The molecule has 0 fully saturated rings. The highest BCUT2D eigenvalue weighted by molar-refractivity contribution is 6.27. The first-order valence-electron chi connectivity index (χ1n) is 5.74. The molecule has 1 aromatic rings. The Labute approximate surface area is 110 Å². The maximum absolute atomic E-state index is 11.7. The van der Waals surface area contributed by atoms with Crippen molar-refractivity contribution < 1.29 is 14.7 Å². The molecule has 0 spiro atoms. The van der Waals surface area contributed by atoms with E-state index in [2.05, 4.69) is 5.32 Å². The molecule has 1 amide bonds. The molecule has 5 heteroatoms. The summed E-state index contributed by atoms with van der Waals surface area (Å²) in [4.78, 5) is 22.8. The Morgan fingerprint density at radius 2 is 2.22 bits per heavy atom. The monoisotopic (exact) mass is 267 g/mol. The van der Waals surface area contributed by atoms with Crippen molar-refractivity contribution in [3.05, 3.63) is 28.3 Å². The average Bonchev–Trinajstić information content (AvgIpc) is 2.74. The Bertz CT molecular complexity index is 525. The average molecular weight is 268 g/mol. The van der Waals surface area contributed by atoms with Crippen molar-refractivity contribution in [2.24, 2.45) is 0 Å². The number of carbonyl (C=O) groups excluding carboxylic acids is 2. The first-order valence-corrected chi connectivity index (χ1v) is 6.28. The van der Waals surface area contributed by atoms with Gasteiger partial charge in [0.25, 0.3) is 0 Å². The number of nitrogens with one attached hydrogen (secondary N) is 1. The van der Waals surface area contributed by atoms with Crippen LogP contribution in [0.5, 0.6) is 5.75 Å². The van der Waals surface area contributed by atoms with Crippen LogP contribution in [0.3, 0.4) is 0 Å². The van der Waals surface area contributed by atoms with Gasteiger partial charge in [-0.25, -0.2) is 0 Å². The molecule has 0 atom stereocenters. The fraction of sp³-hybridized carbons (Fsp3) is 0.385. The van der Waals surface area contributed by atoms with Gasteiger partial charge in [-0.15, -0.1) is 11.6 Å². The Hall–Kier alpha value is -1.55. The molecule has 2 N–H and O–H groups in total. The number of carbonyl (C=O) groups is 2. The highest BCUT2D eigenvalue weighted by Crippen LogP contribution is 2.35. The minimum absolute atomic E-state index is 0.00651. The van der Waals surface area contributed by atoms with Crippen LogP contribution in [0.4, 0.5) is 0 Å². The number of rotatable bonds is 3. The highest BCUT2D eigenvalue weighted by atomic mass is 35.5. The lowest BCUT2D eigenvalue weighted by Crippen LogP contribution is -2.24. The molecule has 0 aliphatic heterocycles. The second-order valence-electron chi connectivity index (χ2n) is 4.39. The van der Waals surface area contributed by atoms with Crippen LogP contribution in [0.15, 0.2) is 6.07 Å². The number of aryl methyl sites for hydroxylation is 1. The van der Waals surface area contributed by atoms with Crippen LogP contribution in [0, 0.1) is 6.92 Å². The van der Waals surface area contributed by atoms with Crippen molar-refractivity contribution in [3.63, 3.8) is 0 Å². The highest BCUT2D eigenvalue weighted by Gasteiger charge is 2.26. The van der Waals surface area contributed by atoms with Crippen LogP contribution >= 0.6 is 11.6 Å². The standard InChI is InChI=1S/C13H14ClNO3/c1-7-4-8(6-15-11(17)5-14)13(18)12-9(7)2-3-10(12)16/h4,18H,2-3,5-6H2,1H3,(H,15,17). The first kappa shape index (κ1) is 12.9. The van der Waals surface area contributed by atoms with Crippen LogP contribution in [-0.2, 0) is 17.8 Å². The number of hydrogen-bond donors (Lipinski definition) is 2. The maximum Gasteiger partial charge on any atom is 0.235 e. The summed E-state index contributed by atoms with van der Waals surface area (Å²) in [5, 5.41) is 12.7. The van der Waals surface area contributed by atoms with Crippen LogP contribution < -0.4 is 5.32 Å². The van der Waals surface area contributed by atoms with Crippen molar-refractivity contribution in [2.45, 2.75) is 26.3 Å². The number of Topliss-reactive ketones (excluding diaryl/α,β-unsaturated/α-hetero) is 1. The van der Waals surface area contributed by atoms with E-state index in [1.54, 1.807) is 6.07 Å². The smallest absolute Gasteiger partial charge is 0.235 e. The molecule has 0 bridgehead atoms. The molecule has 0 radical (unpaired) electrons. The number of alkyl halides is 1. The van der Waals surface area contributed by atoms with Crippen LogP contribution in [0.2, 0.25) is 0 Å². The van der Waals surface area contributed by atoms with E-state index in [1.807, 2.05) is 6.92 Å². The Morgan fingerprint density at radius 1 is 1.50 bits per heavy atom. The van der Waals surface area contributed by atoms with E-state index in [0.29, 0.717) is 24.0 Å². The molecule has 2 rings (SSSR count). The SMILES string of the molecule is Cc1cc(CNC(=O)CCl)c(O)c2c1CCC2=O. The second kappa shape index (κ2) is 4.98. The van der Waals surface area contributed by atoms with Gasteiger partial charge in [-0.3, -0.25) is 9.59 Å². The number of halogens is 1. The normalized spacial score (nSPS) is 13.6. The number of hydrogen-bond acceptors (Lipinski definition) is 3. The van der Waals surface area contributed by atoms with Gasteiger partial charge in [-0.05, 0) is 24.5 Å². The predicted molar refractivity (Wildman–Crippen MR) is 68.1 cm³/mol. The first-order chi connectivity index (χ1) is 8.54. The Balaban J connectivity index is 2.33. The lowest BCUT2D eigenvalue weighted by atomic mass is 9.98. The summed E-state index contributed by atoms with van der Waals surface area (Å²) in [5.41, 5.74) is 2.87. The summed E-state index contributed by atoms with van der Waals surface area (Å²) in [6, 6.07) is 1.81. The van der Waals surface area contributed by atoms with E-state index >= 15 is 0 Å². The lowest BCUT2D eigenvalue weighted by molar-refractivity contribution is -0.118. The lowest BCUT2D eigenvalue weighted by Gasteiger charge is -2.12. The molecule has 1 aromatic carbocycles. The number of fused-ring (bicyclic) bond motifs is 1. The molecule has 4 nitrogen and oxygen atoms in total. The summed E-state index contributed by atoms with van der Waals surface area (Å²) in [6.45, 7) is 2.09. The van der Waals surface area contributed by atoms with E-state index < -0.39 is 0 Å². The number of benzene rings is 1. The van der Waals surface area contributed by atoms with Crippen molar-refractivity contribution in [1.82, 2.24) is 5.32 Å². The predicted octanol–water partition coefficient (Wildman–Crippen LogP) is 1.68. The second-order valence-corrected chi connectivity index (χ2v) is 4.66. The molecule has 1 aliphatic rings. The van der Waals surface area contributed by atoms with Gasteiger partial charge in [0.15, 0.2) is 5.78 Å². The fourth-order valence-electron chi connectivity index (χ4n) is 2.28. The minimum atomic E-state index is -0.305. The van der Waals surface area contributed by atoms with Gasteiger partial charge in [-0.1, -0.05) is 6.07 Å². The van der Waals surface area contributed by atoms with Gasteiger partial charge in [0.2, 0.25) is 5.91 Å². The zero-order valence-electron chi connectivity index (χ0n) is 10.0. The quantitative estimate of drug-likeness (QED) is 0.819. The largest absolute Gasteiger partial charge is 0.507 e. The van der Waals surface area contributed by atoms with E-state index in [9.17, 15) is 14.7 Å². The van der Waals surface area contributed by atoms with E-state index in [1.165, 1.54) is 0 Å². The number of phenols is 1. The third kappa shape index (κ3) is 2.20. The summed E-state index contributed by atoms with van der Waals surface area (Å²) in [5.74, 6) is -0.464. The summed E-state index contributed by atoms with van der Waals surface area (Å²) in [6.07, 6.45) is 1.13. The van der Waals surface area contributed by atoms with Crippen LogP contribution in [0.25, 0.3) is 0 Å². The number of ketones is 1. The molecule has 0 saturated heterocycles. The molecular weight excluding hydrogens is 254 g/mol. The van der Waals surface area contributed by atoms with E-state index in [0.717, 1.165) is 11.1 Å². The molecule has 0 heterocycles. The van der Waals surface area contributed by atoms with Crippen LogP contribution in [0.1, 0.15) is 33.5 Å². The zero-order valence-corrected chi connectivity index (χ0v) is 10.8. The molecule has 18 heavy (non-hydrogen) atoms. The molecule has 0 unspecified atom stereocenters. The third-order valence-corrected chi connectivity index (χ3v) is 3.43. The van der Waals surface area contributed by atoms with Crippen molar-refractivity contribution in [3.8, 4) is 5.75 Å². The van der Waals surface area contributed by atoms with Crippen molar-refractivity contribution in [2.75, 3.05) is 5.88 Å². The van der Waals surface area contributed by atoms with Gasteiger partial charge in [0.05, 0.1) is 5.56 Å². The van der Waals surface area contributed by atoms with Crippen molar-refractivity contribution >= 4 is 23.3 Å². The topological polar surface area (TPSA) is 66.4 Å². The van der Waals surface area contributed by atoms with Crippen LogP contribution in [-0.4, -0.2) is 22.7 Å². The van der Waals surface area contributed by atoms with Gasteiger partial charge in [0.1, 0.15) is 11.6 Å². The summed E-state index contributed by atoms with van der Waals surface area (Å²) in [7, 11) is 0. The Morgan fingerprint density at radius 3 is 2.89 bits per heavy atom. The summed E-state index contributed by atoms with van der Waals surface area (Å²) < 4.78 is 0. The van der Waals surface area contributed by atoms with E-state index in [4.69, 9.17) is 11.6 Å². The van der Waals surface area contributed by atoms with Crippen molar-refractivity contribution in [1.29, 1.82) is 0 Å². The molecule has 96 valence electrons. The van der Waals surface area contributed by atoms with Gasteiger partial charge in [-0.2, -0.15) is 0 Å². The molecular formula is C13H14ClNO3. The molecule has 0 saturated carbocycles. The van der Waals surface area contributed by atoms with E-state index in [-0.39, 0.29) is 29.9 Å². The van der Waals surface area contributed by atoms with Gasteiger partial charge < -0.3 is 10.4 Å². The van der Waals surface area contributed by atoms with Gasteiger partial charge >= 0.3 is 0 Å². The zero-order chi connectivity index (χ0) is 13.3. The fourth-order valence-corrected chi connectivity index (χ4v) is 2.37. The summed E-state index contributed by atoms with van der Waals surface area (Å²) >= 11 is 5.38. The Kier molecular flexibility index (Phi) is 3.57. The number of amides is 1. The molecule has 0 aromatic heterocycles. The number of aromatic hydroxyl groups is 1. The molecule has 1 aliphatic carbocycles.